The topological polar surface area (TPSA) is 137 Å². The summed E-state index contributed by atoms with van der Waals surface area (Å²) in [6, 6.07) is 4.13. The molecule has 1 aliphatic heterocycles. The summed E-state index contributed by atoms with van der Waals surface area (Å²) >= 11 is 0. The van der Waals surface area contributed by atoms with Gasteiger partial charge in [-0.1, -0.05) is 19.1 Å². The van der Waals surface area contributed by atoms with Gasteiger partial charge in [0.05, 0.1) is 25.3 Å². The van der Waals surface area contributed by atoms with E-state index in [2.05, 4.69) is 10.3 Å². The fraction of sp³-hybridized carbons (Fsp3) is 0.478. The summed E-state index contributed by atoms with van der Waals surface area (Å²) in [5.74, 6) is -2.56. The smallest absolute Gasteiger partial charge is 0.296 e. The predicted molar refractivity (Wildman–Crippen MR) is 123 cm³/mol. The molecule has 11 nitrogen and oxygen atoms in total. The lowest BCUT2D eigenvalue weighted by atomic mass is 10.1. The maximum absolute atomic E-state index is 13.2. The Hall–Kier alpha value is -3.35. The number of carbonyl (C=O) groups excluding carboxylic acids is 2. The number of carbonyl (C=O) groups is 2. The second-order valence-electron chi connectivity index (χ2n) is 8.54. The van der Waals surface area contributed by atoms with Gasteiger partial charge in [0.15, 0.2) is 11.9 Å². The van der Waals surface area contributed by atoms with E-state index in [1.54, 1.807) is 0 Å². The predicted octanol–water partition coefficient (Wildman–Crippen LogP) is 0.379. The Balaban J connectivity index is 2.02. The molecular weight excluding hydrogens is 461 g/mol. The van der Waals surface area contributed by atoms with E-state index < -0.39 is 52.9 Å². The van der Waals surface area contributed by atoms with Crippen molar-refractivity contribution in [2.24, 2.45) is 0 Å². The first-order chi connectivity index (χ1) is 16.6. The van der Waals surface area contributed by atoms with Crippen molar-refractivity contribution in [3.8, 4) is 5.75 Å². The fourth-order valence-corrected chi connectivity index (χ4v) is 3.80. The van der Waals surface area contributed by atoms with Crippen LogP contribution in [0.5, 0.6) is 5.75 Å². The Labute approximate surface area is 201 Å². The second kappa shape index (κ2) is 10.9. The van der Waals surface area contributed by atoms with E-state index >= 15 is 0 Å². The molecule has 3 unspecified atom stereocenters. The van der Waals surface area contributed by atoms with Gasteiger partial charge >= 0.3 is 0 Å². The second-order valence-corrected chi connectivity index (χ2v) is 8.54. The highest BCUT2D eigenvalue weighted by molar-refractivity contribution is 5.94. The summed E-state index contributed by atoms with van der Waals surface area (Å²) in [5, 5.41) is 23.7. The Morgan fingerprint density at radius 3 is 2.51 bits per heavy atom. The van der Waals surface area contributed by atoms with Crippen LogP contribution in [-0.4, -0.2) is 82.0 Å². The molecule has 0 fully saturated rings. The van der Waals surface area contributed by atoms with Gasteiger partial charge < -0.3 is 25.2 Å². The number of nitrogens with zero attached hydrogens (tertiary/aromatic N) is 4. The molecule has 1 aromatic carbocycles. The van der Waals surface area contributed by atoms with Crippen molar-refractivity contribution in [3.63, 3.8) is 0 Å². The third-order valence-corrected chi connectivity index (χ3v) is 5.96. The normalized spacial score (nSPS) is 18.5. The average molecular weight is 492 g/mol. The molecule has 3 atom stereocenters. The van der Waals surface area contributed by atoms with Gasteiger partial charge in [0.2, 0.25) is 5.75 Å². The highest BCUT2D eigenvalue weighted by atomic mass is 19.1. The molecular formula is C23H30FN5O6. The Morgan fingerprint density at radius 2 is 1.91 bits per heavy atom. The summed E-state index contributed by atoms with van der Waals surface area (Å²) in [4.78, 5) is 45.3. The molecule has 3 rings (SSSR count). The third-order valence-electron chi connectivity index (χ3n) is 5.96. The lowest BCUT2D eigenvalue weighted by Crippen LogP contribution is -2.48. The van der Waals surface area contributed by atoms with Crippen LogP contribution in [0.25, 0.3) is 0 Å². The number of ether oxygens (including phenoxy) is 1. The van der Waals surface area contributed by atoms with Crippen molar-refractivity contribution >= 4 is 11.8 Å². The molecule has 0 aliphatic carbocycles. The zero-order valence-electron chi connectivity index (χ0n) is 20.1. The summed E-state index contributed by atoms with van der Waals surface area (Å²) in [7, 11) is 4.47. The zero-order chi connectivity index (χ0) is 25.9. The van der Waals surface area contributed by atoms with Crippen LogP contribution in [0.2, 0.25) is 0 Å². The fourth-order valence-electron chi connectivity index (χ4n) is 3.80. The van der Waals surface area contributed by atoms with E-state index in [0.717, 1.165) is 0 Å². The molecule has 2 heterocycles. The molecule has 1 aromatic heterocycles. The SMILES string of the molecule is CCC1COCC(N(C)C(O)C(=O)N(C)C)c2nc(C(=O)NCc3ccc(F)cc3)c(O)c(=O)n21. The minimum absolute atomic E-state index is 0.0126. The Bertz CT molecular complexity index is 1140. The number of nitrogens with one attached hydrogen (secondary N) is 1. The average Bonchev–Trinajstić information content (AvgIpc) is 3.03. The van der Waals surface area contributed by atoms with Crippen LogP contribution in [0.4, 0.5) is 4.39 Å². The van der Waals surface area contributed by atoms with E-state index in [-0.39, 0.29) is 25.6 Å². The zero-order valence-corrected chi connectivity index (χ0v) is 20.1. The number of fused-ring (bicyclic) bond motifs is 1. The van der Waals surface area contributed by atoms with Gasteiger partial charge in [-0.05, 0) is 31.2 Å². The summed E-state index contributed by atoms with van der Waals surface area (Å²) < 4.78 is 20.1. The van der Waals surface area contributed by atoms with Gasteiger partial charge in [-0.25, -0.2) is 9.37 Å². The number of aliphatic hydroxyl groups excluding tert-OH is 1. The van der Waals surface area contributed by atoms with Crippen LogP contribution in [0.1, 0.15) is 47.3 Å². The number of halogens is 1. The molecule has 3 N–H and O–H groups in total. The number of aliphatic hydroxyl groups is 1. The lowest BCUT2D eigenvalue weighted by Gasteiger charge is -2.32. The van der Waals surface area contributed by atoms with Crippen molar-refractivity contribution in [1.82, 2.24) is 24.7 Å². The van der Waals surface area contributed by atoms with Gasteiger partial charge in [0, 0.05) is 20.6 Å². The number of hydrogen-bond acceptors (Lipinski definition) is 8. The molecule has 0 spiro atoms. The van der Waals surface area contributed by atoms with Crippen LogP contribution in [0.15, 0.2) is 29.1 Å². The minimum Gasteiger partial charge on any atom is -0.501 e. The maximum Gasteiger partial charge on any atom is 0.296 e. The number of hydrogen-bond donors (Lipinski definition) is 3. The molecule has 0 bridgehead atoms. The number of aromatic hydroxyl groups is 1. The molecule has 0 saturated heterocycles. The van der Waals surface area contributed by atoms with Gasteiger partial charge in [-0.2, -0.15) is 0 Å². The number of aromatic nitrogens is 2. The summed E-state index contributed by atoms with van der Waals surface area (Å²) in [6.07, 6.45) is -1.09. The van der Waals surface area contributed by atoms with Crippen molar-refractivity contribution in [3.05, 3.63) is 57.5 Å². The molecule has 190 valence electrons. The summed E-state index contributed by atoms with van der Waals surface area (Å²) in [5.41, 5.74) is -0.717. The quantitative estimate of drug-likeness (QED) is 0.473. The van der Waals surface area contributed by atoms with Crippen molar-refractivity contribution in [2.45, 2.75) is 38.2 Å². The van der Waals surface area contributed by atoms with Crippen LogP contribution >= 0.6 is 0 Å². The van der Waals surface area contributed by atoms with E-state index in [9.17, 15) is 29.0 Å². The largest absolute Gasteiger partial charge is 0.501 e. The summed E-state index contributed by atoms with van der Waals surface area (Å²) in [6.45, 7) is 1.97. The van der Waals surface area contributed by atoms with E-state index in [1.807, 2.05) is 6.92 Å². The van der Waals surface area contributed by atoms with Gasteiger partial charge in [-0.15, -0.1) is 0 Å². The Kier molecular flexibility index (Phi) is 8.20. The van der Waals surface area contributed by atoms with E-state index in [1.165, 1.54) is 59.8 Å². The molecule has 2 aromatic rings. The monoisotopic (exact) mass is 491 g/mol. The number of rotatable bonds is 7. The highest BCUT2D eigenvalue weighted by Crippen LogP contribution is 2.28. The number of benzene rings is 1. The number of amides is 2. The minimum atomic E-state index is -1.56. The molecule has 0 saturated carbocycles. The van der Waals surface area contributed by atoms with Crippen molar-refractivity contribution in [2.75, 3.05) is 34.4 Å². The third kappa shape index (κ3) is 5.50. The molecule has 2 amide bonds. The first kappa shape index (κ1) is 26.3. The van der Waals surface area contributed by atoms with E-state index in [0.29, 0.717) is 12.0 Å². The van der Waals surface area contributed by atoms with Gasteiger partial charge in [0.1, 0.15) is 11.6 Å². The highest BCUT2D eigenvalue weighted by Gasteiger charge is 2.37. The maximum atomic E-state index is 13.2. The molecule has 12 heteroatoms. The first-order valence-electron chi connectivity index (χ1n) is 11.1. The van der Waals surface area contributed by atoms with Crippen LogP contribution < -0.4 is 10.9 Å². The first-order valence-corrected chi connectivity index (χ1v) is 11.1. The van der Waals surface area contributed by atoms with Gasteiger partial charge in [-0.3, -0.25) is 23.9 Å². The lowest BCUT2D eigenvalue weighted by molar-refractivity contribution is -0.150. The van der Waals surface area contributed by atoms with Crippen molar-refractivity contribution < 1.29 is 28.9 Å². The van der Waals surface area contributed by atoms with Gasteiger partial charge in [0.25, 0.3) is 17.4 Å². The van der Waals surface area contributed by atoms with Crippen molar-refractivity contribution in [1.29, 1.82) is 0 Å². The molecule has 0 radical (unpaired) electrons. The molecule has 35 heavy (non-hydrogen) atoms. The van der Waals surface area contributed by atoms with E-state index in [4.69, 9.17) is 4.74 Å². The van der Waals surface area contributed by atoms with Crippen LogP contribution in [-0.2, 0) is 16.1 Å². The molecule has 1 aliphatic rings. The standard InChI is InChI=1S/C23H30FN5O6/c1-5-15-11-35-12-16(28(4)23(34)22(33)27(2)3)19-26-17(18(30)21(32)29(15)19)20(31)25-10-13-6-8-14(24)9-7-13/h6-9,15-16,23,30,34H,5,10-12H2,1-4H3,(H,25,31). The Morgan fingerprint density at radius 1 is 1.26 bits per heavy atom. The number of likely N-dealkylation sites (N-methyl/N-ethyl adjacent to an activating group) is 2. The van der Waals surface area contributed by atoms with Crippen LogP contribution in [0, 0.1) is 5.82 Å². The van der Waals surface area contributed by atoms with Crippen LogP contribution in [0.3, 0.4) is 0 Å².